The lowest BCUT2D eigenvalue weighted by atomic mass is 10.0. The molecule has 1 saturated carbocycles. The molecule has 3 nitrogen and oxygen atoms in total. The van der Waals surface area contributed by atoms with Crippen LogP contribution >= 0.6 is 0 Å². The van der Waals surface area contributed by atoms with E-state index in [1.807, 2.05) is 11.7 Å². The molecule has 2 atom stereocenters. The lowest BCUT2D eigenvalue weighted by molar-refractivity contribution is 0.566. The maximum atomic E-state index is 4.22. The molecule has 0 spiro atoms. The zero-order chi connectivity index (χ0) is 8.84. The Hall–Kier alpha value is -0.860. The summed E-state index contributed by atoms with van der Waals surface area (Å²) >= 11 is 0. The summed E-state index contributed by atoms with van der Waals surface area (Å²) in [6, 6.07) is 0. The molecule has 1 aromatic heterocycles. The summed E-state index contributed by atoms with van der Waals surface area (Å²) in [6.07, 6.45) is 6.53. The lowest BCUT2D eigenvalue weighted by Gasteiger charge is -2.07. The summed E-state index contributed by atoms with van der Waals surface area (Å²) in [5.41, 5.74) is 2.64. The number of nitrogens with zero attached hydrogens (tertiary/aromatic N) is 3. The van der Waals surface area contributed by atoms with E-state index in [4.69, 9.17) is 0 Å². The van der Waals surface area contributed by atoms with E-state index >= 15 is 0 Å². The Bertz CT molecular complexity index is 329. The van der Waals surface area contributed by atoms with Gasteiger partial charge in [0.05, 0.1) is 11.4 Å². The zero-order valence-electron chi connectivity index (χ0n) is 8.03. The van der Waals surface area contributed by atoms with Gasteiger partial charge in [-0.05, 0) is 43.9 Å². The molecule has 1 fully saturated rings. The Morgan fingerprint density at radius 1 is 1.23 bits per heavy atom. The fourth-order valence-corrected chi connectivity index (χ4v) is 2.58. The van der Waals surface area contributed by atoms with Gasteiger partial charge < -0.3 is 0 Å². The van der Waals surface area contributed by atoms with E-state index in [9.17, 15) is 0 Å². The van der Waals surface area contributed by atoms with Gasteiger partial charge in [-0.2, -0.15) is 0 Å². The van der Waals surface area contributed by atoms with Crippen molar-refractivity contribution in [1.82, 2.24) is 15.0 Å². The van der Waals surface area contributed by atoms with Crippen LogP contribution in [0.15, 0.2) is 0 Å². The average Bonchev–Trinajstić information content (AvgIpc) is 2.73. The van der Waals surface area contributed by atoms with Crippen molar-refractivity contribution in [2.45, 2.75) is 32.1 Å². The normalized spacial score (nSPS) is 31.5. The van der Waals surface area contributed by atoms with Crippen molar-refractivity contribution < 1.29 is 0 Å². The second-order valence-corrected chi connectivity index (χ2v) is 4.44. The minimum Gasteiger partial charge on any atom is -0.252 e. The maximum Gasteiger partial charge on any atom is 0.0859 e. The van der Waals surface area contributed by atoms with Crippen LogP contribution < -0.4 is 0 Å². The first-order valence-electron chi connectivity index (χ1n) is 5.22. The number of hydrogen-bond acceptors (Lipinski definition) is 2. The Morgan fingerprint density at radius 2 is 2.00 bits per heavy atom. The highest BCUT2D eigenvalue weighted by Gasteiger charge is 2.37. The number of hydrogen-bond donors (Lipinski definition) is 0. The first-order valence-corrected chi connectivity index (χ1v) is 5.22. The van der Waals surface area contributed by atoms with Crippen molar-refractivity contribution >= 4 is 0 Å². The minimum absolute atomic E-state index is 1.02. The lowest BCUT2D eigenvalue weighted by Crippen LogP contribution is -2.04. The van der Waals surface area contributed by atoms with Gasteiger partial charge >= 0.3 is 0 Å². The summed E-state index contributed by atoms with van der Waals surface area (Å²) in [7, 11) is 2.01. The second kappa shape index (κ2) is 2.56. The van der Waals surface area contributed by atoms with Crippen LogP contribution in [0.5, 0.6) is 0 Å². The molecule has 3 rings (SSSR count). The van der Waals surface area contributed by atoms with E-state index in [1.54, 1.807) is 0 Å². The molecule has 0 N–H and O–H groups in total. The van der Waals surface area contributed by atoms with Gasteiger partial charge in [0, 0.05) is 7.05 Å². The molecule has 13 heavy (non-hydrogen) atoms. The first kappa shape index (κ1) is 7.54. The van der Waals surface area contributed by atoms with Gasteiger partial charge in [0.25, 0.3) is 0 Å². The van der Waals surface area contributed by atoms with Crippen LogP contribution in [0, 0.1) is 11.8 Å². The topological polar surface area (TPSA) is 30.7 Å². The van der Waals surface area contributed by atoms with Crippen molar-refractivity contribution in [3.63, 3.8) is 0 Å². The molecular formula is C10H15N3. The van der Waals surface area contributed by atoms with Crippen molar-refractivity contribution in [1.29, 1.82) is 0 Å². The molecule has 0 bridgehead atoms. The van der Waals surface area contributed by atoms with E-state index in [0.717, 1.165) is 18.3 Å². The molecule has 0 radical (unpaired) electrons. The number of aryl methyl sites for hydroxylation is 2. The fourth-order valence-electron chi connectivity index (χ4n) is 2.58. The number of rotatable bonds is 0. The van der Waals surface area contributed by atoms with Crippen LogP contribution in [0.25, 0.3) is 0 Å². The van der Waals surface area contributed by atoms with Gasteiger partial charge in [0.2, 0.25) is 0 Å². The summed E-state index contributed by atoms with van der Waals surface area (Å²) in [6.45, 7) is 0. The van der Waals surface area contributed by atoms with E-state index in [2.05, 4.69) is 10.3 Å². The van der Waals surface area contributed by atoms with Crippen LogP contribution in [0.1, 0.15) is 30.7 Å². The molecule has 2 aliphatic carbocycles. The third-order valence-corrected chi connectivity index (χ3v) is 3.60. The van der Waals surface area contributed by atoms with Crippen molar-refractivity contribution in [2.24, 2.45) is 18.9 Å². The largest absolute Gasteiger partial charge is 0.252 e. The molecule has 2 aliphatic rings. The monoisotopic (exact) mass is 177 g/mol. The van der Waals surface area contributed by atoms with Gasteiger partial charge in [0.15, 0.2) is 0 Å². The third kappa shape index (κ3) is 1.18. The maximum absolute atomic E-state index is 4.22. The van der Waals surface area contributed by atoms with Crippen LogP contribution in [0.2, 0.25) is 0 Å². The smallest absolute Gasteiger partial charge is 0.0859 e. The molecule has 1 aromatic rings. The highest BCUT2D eigenvalue weighted by atomic mass is 15.4. The van der Waals surface area contributed by atoms with E-state index in [-0.39, 0.29) is 0 Å². The quantitative estimate of drug-likeness (QED) is 0.598. The van der Waals surface area contributed by atoms with Crippen molar-refractivity contribution in [2.75, 3.05) is 0 Å². The standard InChI is InChI=1S/C10H15N3/c1-13-10-5-3-8-6-7(8)2-4-9(10)11-12-13/h7-8H,2-6H2,1H3. The second-order valence-electron chi connectivity index (χ2n) is 4.44. The van der Waals surface area contributed by atoms with Gasteiger partial charge in [-0.1, -0.05) is 5.21 Å². The SMILES string of the molecule is Cn1nnc2c1CCC1CC1CC2. The van der Waals surface area contributed by atoms with E-state index in [0.29, 0.717) is 0 Å². The first-order chi connectivity index (χ1) is 6.34. The Labute approximate surface area is 78.1 Å². The van der Waals surface area contributed by atoms with Crippen molar-refractivity contribution in [3.05, 3.63) is 11.4 Å². The molecule has 0 aromatic carbocycles. The van der Waals surface area contributed by atoms with Gasteiger partial charge in [-0.15, -0.1) is 5.10 Å². The summed E-state index contributed by atoms with van der Waals surface area (Å²) < 4.78 is 1.96. The van der Waals surface area contributed by atoms with Crippen LogP contribution in [-0.4, -0.2) is 15.0 Å². The highest BCUT2D eigenvalue weighted by Crippen LogP contribution is 2.46. The third-order valence-electron chi connectivity index (χ3n) is 3.60. The Morgan fingerprint density at radius 3 is 2.85 bits per heavy atom. The molecule has 3 heteroatoms. The van der Waals surface area contributed by atoms with E-state index in [1.165, 1.54) is 37.1 Å². The fraction of sp³-hybridized carbons (Fsp3) is 0.800. The van der Waals surface area contributed by atoms with E-state index < -0.39 is 0 Å². The number of fused-ring (bicyclic) bond motifs is 2. The van der Waals surface area contributed by atoms with Gasteiger partial charge in [-0.3, -0.25) is 4.68 Å². The highest BCUT2D eigenvalue weighted by molar-refractivity contribution is 5.13. The molecule has 2 unspecified atom stereocenters. The Balaban J connectivity index is 1.91. The van der Waals surface area contributed by atoms with Crippen LogP contribution in [0.3, 0.4) is 0 Å². The molecule has 0 saturated heterocycles. The predicted molar refractivity (Wildman–Crippen MR) is 49.2 cm³/mol. The summed E-state index contributed by atoms with van der Waals surface area (Å²) in [5.74, 6) is 2.05. The molecule has 0 aliphatic heterocycles. The van der Waals surface area contributed by atoms with Crippen LogP contribution in [0.4, 0.5) is 0 Å². The average molecular weight is 177 g/mol. The van der Waals surface area contributed by atoms with Gasteiger partial charge in [0.1, 0.15) is 0 Å². The zero-order valence-corrected chi connectivity index (χ0v) is 8.03. The van der Waals surface area contributed by atoms with Crippen molar-refractivity contribution in [3.8, 4) is 0 Å². The Kier molecular flexibility index (Phi) is 1.49. The number of aromatic nitrogens is 3. The molecule has 1 heterocycles. The molecule has 0 amide bonds. The molecule has 70 valence electrons. The molecular weight excluding hydrogens is 162 g/mol. The van der Waals surface area contributed by atoms with Gasteiger partial charge in [-0.25, -0.2) is 0 Å². The summed E-state index contributed by atoms with van der Waals surface area (Å²) in [4.78, 5) is 0. The predicted octanol–water partition coefficient (Wildman–Crippen LogP) is 1.33. The summed E-state index contributed by atoms with van der Waals surface area (Å²) in [5, 5.41) is 8.31. The van der Waals surface area contributed by atoms with Crippen LogP contribution in [-0.2, 0) is 19.9 Å². The minimum atomic E-state index is 1.02.